The summed E-state index contributed by atoms with van der Waals surface area (Å²) in [5.41, 5.74) is 12.1. The first kappa shape index (κ1) is 10.7. The molecule has 0 spiro atoms. The van der Waals surface area contributed by atoms with E-state index in [1.807, 2.05) is 12.1 Å². The molecule has 2 aromatic rings. The van der Waals surface area contributed by atoms with Gasteiger partial charge < -0.3 is 11.5 Å². The second-order valence-corrected chi connectivity index (χ2v) is 3.06. The molecule has 0 aromatic carbocycles. The third-order valence-electron chi connectivity index (χ3n) is 1.87. The van der Waals surface area contributed by atoms with Gasteiger partial charge in [0.05, 0.1) is 6.21 Å². The minimum absolute atomic E-state index is 0.0440. The first-order chi connectivity index (χ1) is 8.27. The second-order valence-electron chi connectivity index (χ2n) is 3.06. The molecule has 0 bridgehead atoms. The third-order valence-corrected chi connectivity index (χ3v) is 1.87. The van der Waals surface area contributed by atoms with Gasteiger partial charge in [-0.1, -0.05) is 0 Å². The summed E-state index contributed by atoms with van der Waals surface area (Å²) in [6.07, 6.45) is 5.09. The number of nitrogens with zero attached hydrogens (tertiary/aromatic N) is 4. The minimum atomic E-state index is 0.0440. The highest BCUT2D eigenvalue weighted by molar-refractivity contribution is 5.99. The predicted molar refractivity (Wildman–Crippen MR) is 60.0 cm³/mol. The number of rotatable bonds is 3. The molecule has 0 aliphatic carbocycles. The number of aromatic nitrogens is 3. The largest absolute Gasteiger partial charge is 0.380 e. The lowest BCUT2D eigenvalue weighted by Crippen LogP contribution is -2.15. The van der Waals surface area contributed by atoms with Crippen LogP contribution in [0.5, 0.6) is 0 Å². The topological polar surface area (TPSA) is 130 Å². The van der Waals surface area contributed by atoms with Crippen molar-refractivity contribution in [2.45, 2.75) is 0 Å². The van der Waals surface area contributed by atoms with Crippen molar-refractivity contribution in [3.8, 4) is 0 Å². The lowest BCUT2D eigenvalue weighted by atomic mass is 10.3. The number of nitrogens with two attached hydrogens (primary N) is 2. The number of anilines is 1. The zero-order valence-electron chi connectivity index (χ0n) is 8.74. The van der Waals surface area contributed by atoms with Gasteiger partial charge in [0.1, 0.15) is 0 Å². The van der Waals surface area contributed by atoms with Gasteiger partial charge in [0.25, 0.3) is 0 Å². The number of hydrogen-bond acceptors (Lipinski definition) is 6. The van der Waals surface area contributed by atoms with Crippen LogP contribution in [0, 0.1) is 0 Å². The van der Waals surface area contributed by atoms with Crippen LogP contribution in [0.2, 0.25) is 0 Å². The monoisotopic (exact) mass is 232 g/mol. The molecule has 2 heterocycles. The molecule has 0 aliphatic rings. The fourth-order valence-electron chi connectivity index (χ4n) is 1.06. The van der Waals surface area contributed by atoms with Crippen LogP contribution in [0.15, 0.2) is 39.4 Å². The van der Waals surface area contributed by atoms with Crippen molar-refractivity contribution < 1.29 is 9.61 Å². The summed E-state index contributed by atoms with van der Waals surface area (Å²) >= 11 is 0. The first-order valence-electron chi connectivity index (χ1n) is 4.68. The fraction of sp³-hybridized carbons (Fsp3) is 0. The molecule has 0 fully saturated rings. The highest BCUT2D eigenvalue weighted by Crippen LogP contribution is 2.02. The highest BCUT2D eigenvalue weighted by Gasteiger charge is 2.09. The lowest BCUT2D eigenvalue weighted by Gasteiger charge is -1.90. The minimum Gasteiger partial charge on any atom is -0.380 e. The average Bonchev–Trinajstić information content (AvgIpc) is 2.77. The van der Waals surface area contributed by atoms with Crippen molar-refractivity contribution in [3.05, 3.63) is 35.8 Å². The Labute approximate surface area is 96.0 Å². The number of amidine groups is 1. The van der Waals surface area contributed by atoms with Crippen LogP contribution >= 0.6 is 0 Å². The molecule has 0 saturated carbocycles. The van der Waals surface area contributed by atoms with Gasteiger partial charge in [0, 0.05) is 17.7 Å². The molecule has 2 aromatic heterocycles. The van der Waals surface area contributed by atoms with Crippen LogP contribution in [-0.2, 0) is 0 Å². The smallest absolute Gasteiger partial charge is 0.199 e. The van der Waals surface area contributed by atoms with Crippen LogP contribution in [0.25, 0.3) is 0 Å². The van der Waals surface area contributed by atoms with Crippen LogP contribution in [0.4, 0.5) is 5.82 Å². The Morgan fingerprint density at radius 1 is 1.35 bits per heavy atom. The zero-order chi connectivity index (χ0) is 12.1. The maximum atomic E-state index is 5.59. The zero-order valence-corrected chi connectivity index (χ0v) is 8.74. The SMILES string of the molecule is NC(=NN=Cc1cc[nH+]cc1)c1nonc1N. The van der Waals surface area contributed by atoms with E-state index in [0.717, 1.165) is 5.56 Å². The maximum Gasteiger partial charge on any atom is 0.199 e. The van der Waals surface area contributed by atoms with Crippen LogP contribution in [0.3, 0.4) is 0 Å². The first-order valence-corrected chi connectivity index (χ1v) is 4.68. The van der Waals surface area contributed by atoms with Gasteiger partial charge in [0.2, 0.25) is 0 Å². The average molecular weight is 232 g/mol. The van der Waals surface area contributed by atoms with Gasteiger partial charge in [-0.3, -0.25) is 0 Å². The number of pyridine rings is 1. The number of hydrogen-bond donors (Lipinski definition) is 2. The maximum absolute atomic E-state index is 5.59. The summed E-state index contributed by atoms with van der Waals surface area (Å²) in [4.78, 5) is 2.89. The van der Waals surface area contributed by atoms with Crippen molar-refractivity contribution in [2.75, 3.05) is 5.73 Å². The number of nitrogens with one attached hydrogen (secondary N) is 1. The Bertz CT molecular complexity index is 545. The molecule has 8 heteroatoms. The van der Waals surface area contributed by atoms with Crippen molar-refractivity contribution in [1.29, 1.82) is 0 Å². The summed E-state index contributed by atoms with van der Waals surface area (Å²) in [5.74, 6) is 0.123. The van der Waals surface area contributed by atoms with Crippen molar-refractivity contribution in [3.63, 3.8) is 0 Å². The molecular formula is C9H10N7O+. The van der Waals surface area contributed by atoms with Crippen molar-refractivity contribution in [2.24, 2.45) is 15.9 Å². The highest BCUT2D eigenvalue weighted by atomic mass is 16.6. The van der Waals surface area contributed by atoms with Gasteiger partial charge in [0.15, 0.2) is 29.7 Å². The molecule has 0 unspecified atom stereocenters. The Morgan fingerprint density at radius 2 is 2.12 bits per heavy atom. The van der Waals surface area contributed by atoms with E-state index in [2.05, 4.69) is 30.1 Å². The third kappa shape index (κ3) is 2.62. The Hall–Kier alpha value is -2.77. The molecule has 0 radical (unpaired) electrons. The van der Waals surface area contributed by atoms with E-state index in [-0.39, 0.29) is 17.3 Å². The van der Waals surface area contributed by atoms with Gasteiger partial charge >= 0.3 is 0 Å². The summed E-state index contributed by atoms with van der Waals surface area (Å²) < 4.78 is 4.39. The summed E-state index contributed by atoms with van der Waals surface area (Å²) in [6, 6.07) is 3.67. The van der Waals surface area contributed by atoms with Gasteiger partial charge in [-0.15, -0.1) is 5.10 Å². The van der Waals surface area contributed by atoms with E-state index in [9.17, 15) is 0 Å². The Morgan fingerprint density at radius 3 is 2.76 bits per heavy atom. The molecule has 0 atom stereocenters. The van der Waals surface area contributed by atoms with Gasteiger partial charge in [-0.25, -0.2) is 9.61 Å². The van der Waals surface area contributed by atoms with E-state index in [4.69, 9.17) is 11.5 Å². The van der Waals surface area contributed by atoms with E-state index in [1.165, 1.54) is 0 Å². The van der Waals surface area contributed by atoms with E-state index in [0.29, 0.717) is 0 Å². The molecular weight excluding hydrogens is 222 g/mol. The van der Waals surface area contributed by atoms with Crippen LogP contribution in [0.1, 0.15) is 11.3 Å². The quantitative estimate of drug-likeness (QED) is 0.406. The Balaban J connectivity index is 2.11. The fourth-order valence-corrected chi connectivity index (χ4v) is 1.06. The molecule has 5 N–H and O–H groups in total. The molecule has 0 aliphatic heterocycles. The summed E-state index contributed by atoms with van der Waals surface area (Å²) in [6.45, 7) is 0. The van der Waals surface area contributed by atoms with Crippen LogP contribution < -0.4 is 16.5 Å². The summed E-state index contributed by atoms with van der Waals surface area (Å²) in [7, 11) is 0. The number of H-pyrrole nitrogens is 1. The van der Waals surface area contributed by atoms with E-state index >= 15 is 0 Å². The molecule has 86 valence electrons. The second kappa shape index (κ2) is 4.84. The molecule has 0 saturated heterocycles. The summed E-state index contributed by atoms with van der Waals surface area (Å²) in [5, 5.41) is 14.4. The molecule has 0 amide bonds. The van der Waals surface area contributed by atoms with Gasteiger partial charge in [-0.05, 0) is 10.3 Å². The number of aromatic amines is 1. The Kier molecular flexibility index (Phi) is 3.05. The molecule has 8 nitrogen and oxygen atoms in total. The number of nitrogen functional groups attached to an aromatic ring is 1. The molecule has 17 heavy (non-hydrogen) atoms. The standard InChI is InChI=1S/C9H9N7O/c10-8(7-9(11)16-17-15-7)14-13-5-6-1-3-12-4-2-6/h1-5H,(H2,10,14)(H2,11,16)/p+1. The van der Waals surface area contributed by atoms with E-state index < -0.39 is 0 Å². The lowest BCUT2D eigenvalue weighted by molar-refractivity contribution is -0.378. The van der Waals surface area contributed by atoms with Crippen molar-refractivity contribution >= 4 is 17.9 Å². The van der Waals surface area contributed by atoms with E-state index in [1.54, 1.807) is 18.6 Å². The normalized spacial score (nSPS) is 12.1. The van der Waals surface area contributed by atoms with Gasteiger partial charge in [-0.2, -0.15) is 5.10 Å². The van der Waals surface area contributed by atoms with Crippen LogP contribution in [-0.4, -0.2) is 22.4 Å². The predicted octanol–water partition coefficient (Wildman–Crippen LogP) is -0.795. The molecule has 2 rings (SSSR count). The van der Waals surface area contributed by atoms with Crippen molar-refractivity contribution in [1.82, 2.24) is 10.3 Å².